The van der Waals surface area contributed by atoms with Gasteiger partial charge in [-0.25, -0.2) is 13.1 Å². The predicted octanol–water partition coefficient (Wildman–Crippen LogP) is -0.335. The Hall–Kier alpha value is -2.33. The average molecular weight is 390 g/mol. The molecule has 1 amide bonds. The van der Waals surface area contributed by atoms with Gasteiger partial charge in [0.1, 0.15) is 6.33 Å². The molecule has 0 spiro atoms. The molecule has 27 heavy (non-hydrogen) atoms. The monoisotopic (exact) mass is 390 g/mol. The fourth-order valence-electron chi connectivity index (χ4n) is 4.03. The standard InChI is InChI=1S/C17H22N6O3S/c1-2-21-7-8-23(16-11-27(25,26)10-15(16)21)17(24)14-5-3-13(4-6-14)9-22-12-18-19-20-22/h3-6,12,15-16H,2,7-11H2,1H3/t15-,16+/m0/s1. The molecular formula is C17H22N6O3S. The molecule has 2 aliphatic heterocycles. The van der Waals surface area contributed by atoms with Crippen molar-refractivity contribution < 1.29 is 13.2 Å². The van der Waals surface area contributed by atoms with Crippen LogP contribution < -0.4 is 0 Å². The van der Waals surface area contributed by atoms with Gasteiger partial charge in [0, 0.05) is 24.7 Å². The molecule has 0 N–H and O–H groups in total. The van der Waals surface area contributed by atoms with E-state index in [1.165, 1.54) is 6.33 Å². The average Bonchev–Trinajstić information content (AvgIpc) is 3.27. The Kier molecular flexibility index (Phi) is 4.68. The van der Waals surface area contributed by atoms with Gasteiger partial charge < -0.3 is 4.90 Å². The van der Waals surface area contributed by atoms with Gasteiger partial charge in [-0.3, -0.25) is 9.69 Å². The van der Waals surface area contributed by atoms with Gasteiger partial charge in [-0.05, 0) is 34.7 Å². The minimum absolute atomic E-state index is 0.0529. The second-order valence-corrected chi connectivity index (χ2v) is 9.20. The fraction of sp³-hybridized carbons (Fsp3) is 0.529. The molecule has 2 saturated heterocycles. The topological polar surface area (TPSA) is 101 Å². The van der Waals surface area contributed by atoms with E-state index in [2.05, 4.69) is 20.4 Å². The number of sulfone groups is 1. The summed E-state index contributed by atoms with van der Waals surface area (Å²) < 4.78 is 26.0. The number of carbonyl (C=O) groups excluding carboxylic acids is 1. The third-order valence-electron chi connectivity index (χ3n) is 5.39. The molecule has 144 valence electrons. The van der Waals surface area contributed by atoms with Crippen LogP contribution in [-0.4, -0.2) is 87.6 Å². The number of aromatic nitrogens is 4. The Morgan fingerprint density at radius 3 is 2.56 bits per heavy atom. The zero-order valence-corrected chi connectivity index (χ0v) is 15.9. The molecule has 10 heteroatoms. The summed E-state index contributed by atoms with van der Waals surface area (Å²) in [6.07, 6.45) is 1.53. The van der Waals surface area contributed by atoms with Crippen LogP contribution in [0.15, 0.2) is 30.6 Å². The SMILES string of the molecule is CCN1CCN(C(=O)c2ccc(Cn3cnnn3)cc2)[C@@H]2CS(=O)(=O)C[C@@H]21. The van der Waals surface area contributed by atoms with Gasteiger partial charge in [0.2, 0.25) is 0 Å². The highest BCUT2D eigenvalue weighted by Crippen LogP contribution is 2.28. The number of likely N-dealkylation sites (N-methyl/N-ethyl adjacent to an activating group) is 1. The number of nitrogens with zero attached hydrogens (tertiary/aromatic N) is 6. The summed E-state index contributed by atoms with van der Waals surface area (Å²) in [5.74, 6) is 0.0871. The van der Waals surface area contributed by atoms with Crippen molar-refractivity contribution in [2.75, 3.05) is 31.1 Å². The lowest BCUT2D eigenvalue weighted by Gasteiger charge is -2.43. The van der Waals surface area contributed by atoms with Gasteiger partial charge in [-0.15, -0.1) is 5.10 Å². The maximum Gasteiger partial charge on any atom is 0.254 e. The molecular weight excluding hydrogens is 368 g/mol. The lowest BCUT2D eigenvalue weighted by atomic mass is 10.0. The minimum Gasteiger partial charge on any atom is -0.332 e. The van der Waals surface area contributed by atoms with Gasteiger partial charge in [0.15, 0.2) is 9.84 Å². The van der Waals surface area contributed by atoms with Crippen LogP contribution in [0.4, 0.5) is 0 Å². The first kappa shape index (κ1) is 18.1. The van der Waals surface area contributed by atoms with Crippen molar-refractivity contribution >= 4 is 15.7 Å². The van der Waals surface area contributed by atoms with E-state index in [9.17, 15) is 13.2 Å². The van der Waals surface area contributed by atoms with Crippen molar-refractivity contribution in [1.82, 2.24) is 30.0 Å². The van der Waals surface area contributed by atoms with Crippen molar-refractivity contribution in [2.24, 2.45) is 0 Å². The third kappa shape index (κ3) is 3.59. The molecule has 3 heterocycles. The van der Waals surface area contributed by atoms with Crippen molar-refractivity contribution in [3.63, 3.8) is 0 Å². The zero-order valence-electron chi connectivity index (χ0n) is 15.1. The molecule has 2 aliphatic rings. The Bertz CT molecular complexity index is 913. The molecule has 1 aromatic carbocycles. The molecule has 1 aromatic heterocycles. The summed E-state index contributed by atoms with van der Waals surface area (Å²) in [6, 6.07) is 6.95. The summed E-state index contributed by atoms with van der Waals surface area (Å²) >= 11 is 0. The van der Waals surface area contributed by atoms with Crippen LogP contribution in [0.5, 0.6) is 0 Å². The highest BCUT2D eigenvalue weighted by atomic mass is 32.2. The largest absolute Gasteiger partial charge is 0.332 e. The van der Waals surface area contributed by atoms with Gasteiger partial charge >= 0.3 is 0 Å². The van der Waals surface area contributed by atoms with E-state index in [-0.39, 0.29) is 29.5 Å². The van der Waals surface area contributed by atoms with Gasteiger partial charge in [0.05, 0.1) is 24.1 Å². The second-order valence-electron chi connectivity index (χ2n) is 7.04. The lowest BCUT2D eigenvalue weighted by molar-refractivity contribution is 0.0349. The number of amides is 1. The van der Waals surface area contributed by atoms with E-state index >= 15 is 0 Å². The highest BCUT2D eigenvalue weighted by molar-refractivity contribution is 7.91. The molecule has 2 fully saturated rings. The smallest absolute Gasteiger partial charge is 0.254 e. The lowest BCUT2D eigenvalue weighted by Crippen LogP contribution is -2.60. The van der Waals surface area contributed by atoms with Crippen LogP contribution in [0.25, 0.3) is 0 Å². The van der Waals surface area contributed by atoms with Crippen molar-refractivity contribution in [3.05, 3.63) is 41.7 Å². The van der Waals surface area contributed by atoms with E-state index in [4.69, 9.17) is 0 Å². The molecule has 0 radical (unpaired) electrons. The molecule has 0 aliphatic carbocycles. The molecule has 2 atom stereocenters. The van der Waals surface area contributed by atoms with Crippen molar-refractivity contribution in [2.45, 2.75) is 25.6 Å². The number of piperazine rings is 1. The number of hydrogen-bond donors (Lipinski definition) is 0. The Labute approximate surface area is 157 Å². The second kappa shape index (κ2) is 7.01. The van der Waals surface area contributed by atoms with E-state index in [0.717, 1.165) is 12.1 Å². The van der Waals surface area contributed by atoms with E-state index in [0.29, 0.717) is 25.2 Å². The fourth-order valence-corrected chi connectivity index (χ4v) is 6.04. The Morgan fingerprint density at radius 2 is 1.89 bits per heavy atom. The number of carbonyl (C=O) groups is 1. The third-order valence-corrected chi connectivity index (χ3v) is 7.09. The van der Waals surface area contributed by atoms with Crippen LogP contribution in [0.2, 0.25) is 0 Å². The normalized spacial score (nSPS) is 24.7. The maximum atomic E-state index is 13.1. The van der Waals surface area contributed by atoms with E-state index in [1.807, 2.05) is 19.1 Å². The van der Waals surface area contributed by atoms with Crippen LogP contribution in [0.1, 0.15) is 22.8 Å². The van der Waals surface area contributed by atoms with Gasteiger partial charge in [-0.1, -0.05) is 19.1 Å². The van der Waals surface area contributed by atoms with Crippen LogP contribution in [0.3, 0.4) is 0 Å². The first-order valence-electron chi connectivity index (χ1n) is 9.02. The van der Waals surface area contributed by atoms with E-state index in [1.54, 1.807) is 21.7 Å². The summed E-state index contributed by atoms with van der Waals surface area (Å²) in [5, 5.41) is 11.0. The zero-order chi connectivity index (χ0) is 19.0. The minimum atomic E-state index is -3.11. The molecule has 9 nitrogen and oxygen atoms in total. The summed E-state index contributed by atoms with van der Waals surface area (Å²) in [7, 11) is -3.11. The predicted molar refractivity (Wildman–Crippen MR) is 97.9 cm³/mol. The Morgan fingerprint density at radius 1 is 1.15 bits per heavy atom. The summed E-state index contributed by atoms with van der Waals surface area (Å²) in [4.78, 5) is 17.0. The first-order valence-corrected chi connectivity index (χ1v) is 10.8. The summed E-state index contributed by atoms with van der Waals surface area (Å²) in [5.41, 5.74) is 1.56. The van der Waals surface area contributed by atoms with Gasteiger partial charge in [-0.2, -0.15) is 0 Å². The van der Waals surface area contributed by atoms with Gasteiger partial charge in [0.25, 0.3) is 5.91 Å². The quantitative estimate of drug-likeness (QED) is 0.704. The van der Waals surface area contributed by atoms with Crippen LogP contribution in [0, 0.1) is 0 Å². The number of benzene rings is 1. The molecule has 0 unspecified atom stereocenters. The Balaban J connectivity index is 1.52. The molecule has 0 saturated carbocycles. The number of rotatable bonds is 4. The number of hydrogen-bond acceptors (Lipinski definition) is 7. The number of fused-ring (bicyclic) bond motifs is 1. The maximum absolute atomic E-state index is 13.1. The van der Waals surface area contributed by atoms with Crippen LogP contribution >= 0.6 is 0 Å². The van der Waals surface area contributed by atoms with Crippen molar-refractivity contribution in [3.8, 4) is 0 Å². The summed E-state index contributed by atoms with van der Waals surface area (Å²) in [6.45, 7) is 4.61. The highest BCUT2D eigenvalue weighted by Gasteiger charge is 2.47. The molecule has 2 aromatic rings. The first-order chi connectivity index (χ1) is 13.0. The molecule has 4 rings (SSSR count). The molecule has 0 bridgehead atoms. The van der Waals surface area contributed by atoms with Crippen LogP contribution in [-0.2, 0) is 16.4 Å². The van der Waals surface area contributed by atoms with Crippen molar-refractivity contribution in [1.29, 1.82) is 0 Å². The number of tetrazole rings is 1. The van der Waals surface area contributed by atoms with E-state index < -0.39 is 9.84 Å².